The average molecular weight is 227 g/mol. The molecule has 16 heavy (non-hydrogen) atoms. The minimum atomic E-state index is -3.01. The number of aromatic nitrogens is 1. The number of nitriles is 1. The van der Waals surface area contributed by atoms with Gasteiger partial charge in [0.05, 0.1) is 12.7 Å². The van der Waals surface area contributed by atoms with Crippen molar-refractivity contribution in [3.8, 4) is 6.07 Å². The summed E-state index contributed by atoms with van der Waals surface area (Å²) in [4.78, 5) is 14.6. The number of methoxy groups -OCH3 is 1. The van der Waals surface area contributed by atoms with Crippen LogP contribution in [0.2, 0.25) is 0 Å². The van der Waals surface area contributed by atoms with Crippen molar-refractivity contribution in [3.05, 3.63) is 22.9 Å². The molecule has 0 bridgehead atoms. The molecule has 5 nitrogen and oxygen atoms in total. The van der Waals surface area contributed by atoms with Gasteiger partial charge in [-0.25, -0.2) is 18.6 Å². The number of hydrogen-bond acceptors (Lipinski definition) is 5. The number of esters is 1. The number of nitrogens with zero attached hydrogens (tertiary/aromatic N) is 2. The van der Waals surface area contributed by atoms with Crippen LogP contribution < -0.4 is 5.73 Å². The highest BCUT2D eigenvalue weighted by Gasteiger charge is 2.25. The second-order valence-electron chi connectivity index (χ2n) is 2.76. The maximum absolute atomic E-state index is 12.6. The summed E-state index contributed by atoms with van der Waals surface area (Å²) < 4.78 is 29.5. The molecule has 0 aliphatic rings. The molecule has 0 saturated heterocycles. The van der Waals surface area contributed by atoms with Gasteiger partial charge in [-0.3, -0.25) is 0 Å². The number of pyridine rings is 1. The molecule has 1 heterocycles. The van der Waals surface area contributed by atoms with E-state index in [1.165, 1.54) is 0 Å². The van der Waals surface area contributed by atoms with E-state index in [1.807, 2.05) is 0 Å². The summed E-state index contributed by atoms with van der Waals surface area (Å²) in [6.07, 6.45) is -3.01. The van der Waals surface area contributed by atoms with Gasteiger partial charge in [-0.05, 0) is 6.07 Å². The number of hydrogen-bond donors (Lipinski definition) is 1. The molecule has 2 N–H and O–H groups in total. The van der Waals surface area contributed by atoms with Crippen molar-refractivity contribution in [2.24, 2.45) is 0 Å². The van der Waals surface area contributed by atoms with Crippen molar-refractivity contribution < 1.29 is 18.3 Å². The van der Waals surface area contributed by atoms with Gasteiger partial charge < -0.3 is 10.5 Å². The van der Waals surface area contributed by atoms with Crippen molar-refractivity contribution in [1.82, 2.24) is 4.98 Å². The third kappa shape index (κ3) is 2.06. The highest BCUT2D eigenvalue weighted by molar-refractivity contribution is 5.93. The van der Waals surface area contributed by atoms with Crippen molar-refractivity contribution in [2.45, 2.75) is 6.43 Å². The summed E-state index contributed by atoms with van der Waals surface area (Å²) in [5, 5.41) is 8.71. The molecule has 0 fully saturated rings. The van der Waals surface area contributed by atoms with E-state index in [-0.39, 0.29) is 11.4 Å². The van der Waals surface area contributed by atoms with Crippen LogP contribution in [0.3, 0.4) is 0 Å². The Morgan fingerprint density at radius 2 is 2.31 bits per heavy atom. The number of halogens is 2. The maximum atomic E-state index is 12.6. The fraction of sp³-hybridized carbons (Fsp3) is 0.222. The van der Waals surface area contributed by atoms with Crippen LogP contribution in [0.25, 0.3) is 0 Å². The van der Waals surface area contributed by atoms with Crippen molar-refractivity contribution in [1.29, 1.82) is 5.26 Å². The van der Waals surface area contributed by atoms with Crippen LogP contribution in [0, 0.1) is 11.3 Å². The summed E-state index contributed by atoms with van der Waals surface area (Å²) >= 11 is 0. The first-order chi connectivity index (χ1) is 7.51. The number of ether oxygens (including phenoxy) is 1. The van der Waals surface area contributed by atoms with Crippen LogP contribution in [-0.4, -0.2) is 18.1 Å². The van der Waals surface area contributed by atoms with Gasteiger partial charge >= 0.3 is 5.97 Å². The smallest absolute Gasteiger partial charge is 0.341 e. The third-order valence-electron chi connectivity index (χ3n) is 1.78. The lowest BCUT2D eigenvalue weighted by molar-refractivity contribution is 0.0587. The van der Waals surface area contributed by atoms with E-state index in [4.69, 9.17) is 11.0 Å². The van der Waals surface area contributed by atoms with Crippen LogP contribution in [0.15, 0.2) is 6.07 Å². The van der Waals surface area contributed by atoms with E-state index in [2.05, 4.69) is 9.72 Å². The maximum Gasteiger partial charge on any atom is 0.341 e. The summed E-state index contributed by atoms with van der Waals surface area (Å²) in [7, 11) is 1.02. The van der Waals surface area contributed by atoms with Crippen LogP contribution in [0.1, 0.15) is 28.0 Å². The zero-order valence-electron chi connectivity index (χ0n) is 8.20. The molecule has 0 aliphatic carbocycles. The van der Waals surface area contributed by atoms with E-state index in [0.29, 0.717) is 0 Å². The summed E-state index contributed by atoms with van der Waals surface area (Å²) in [6, 6.07) is 2.63. The quantitative estimate of drug-likeness (QED) is 0.768. The van der Waals surface area contributed by atoms with Gasteiger partial charge in [-0.2, -0.15) is 5.26 Å². The lowest BCUT2D eigenvalue weighted by Gasteiger charge is -2.08. The zero-order chi connectivity index (χ0) is 12.3. The van der Waals surface area contributed by atoms with Crippen LogP contribution >= 0.6 is 0 Å². The fourth-order valence-electron chi connectivity index (χ4n) is 1.15. The highest BCUT2D eigenvalue weighted by Crippen LogP contribution is 2.25. The minimum absolute atomic E-state index is 0.250. The molecule has 7 heteroatoms. The standard InChI is InChI=1S/C9H7F2N3O2/c1-16-9(15)6-4(3-12)2-5(13)14-7(6)8(10)11/h2,8H,1H3,(H2,13,14). The molecule has 0 amide bonds. The van der Waals surface area contributed by atoms with Crippen LogP contribution in [-0.2, 0) is 4.74 Å². The minimum Gasteiger partial charge on any atom is -0.465 e. The second-order valence-corrected chi connectivity index (χ2v) is 2.76. The molecule has 1 aromatic heterocycles. The van der Waals surface area contributed by atoms with Crippen molar-refractivity contribution in [2.75, 3.05) is 12.8 Å². The number of nitrogen functional groups attached to an aromatic ring is 1. The molecule has 0 radical (unpaired) electrons. The van der Waals surface area contributed by atoms with Crippen molar-refractivity contribution >= 4 is 11.8 Å². The third-order valence-corrected chi connectivity index (χ3v) is 1.78. The zero-order valence-corrected chi connectivity index (χ0v) is 8.20. The van der Waals surface area contributed by atoms with E-state index in [9.17, 15) is 13.6 Å². The monoisotopic (exact) mass is 227 g/mol. The van der Waals surface area contributed by atoms with Gasteiger partial charge in [0.25, 0.3) is 6.43 Å². The Kier molecular flexibility index (Phi) is 3.35. The highest BCUT2D eigenvalue weighted by atomic mass is 19.3. The van der Waals surface area contributed by atoms with Crippen LogP contribution in [0.4, 0.5) is 14.6 Å². The Morgan fingerprint density at radius 1 is 1.69 bits per heavy atom. The van der Waals surface area contributed by atoms with Gasteiger partial charge in [-0.15, -0.1) is 0 Å². The van der Waals surface area contributed by atoms with E-state index in [1.54, 1.807) is 6.07 Å². The number of alkyl halides is 2. The predicted octanol–water partition coefficient (Wildman–Crippen LogP) is 1.26. The largest absolute Gasteiger partial charge is 0.465 e. The Bertz CT molecular complexity index is 469. The number of anilines is 1. The normalized spacial score (nSPS) is 9.94. The van der Waals surface area contributed by atoms with Crippen molar-refractivity contribution in [3.63, 3.8) is 0 Å². The SMILES string of the molecule is COC(=O)c1c(C#N)cc(N)nc1C(F)F. The first-order valence-electron chi connectivity index (χ1n) is 4.08. The number of carbonyl (C=O) groups is 1. The van der Waals surface area contributed by atoms with Gasteiger partial charge in [0.15, 0.2) is 0 Å². The molecule has 1 rings (SSSR count). The number of rotatable bonds is 2. The Balaban J connectivity index is 3.53. The van der Waals surface area contributed by atoms with E-state index >= 15 is 0 Å². The first kappa shape index (κ1) is 11.8. The van der Waals surface area contributed by atoms with Gasteiger partial charge in [0.2, 0.25) is 0 Å². The molecule has 0 atom stereocenters. The summed E-state index contributed by atoms with van der Waals surface area (Å²) in [5.41, 5.74) is 3.56. The van der Waals surface area contributed by atoms with E-state index < -0.39 is 23.7 Å². The molecule has 0 aromatic carbocycles. The van der Waals surface area contributed by atoms with Crippen LogP contribution in [0.5, 0.6) is 0 Å². The molecule has 84 valence electrons. The molecule has 0 saturated carbocycles. The summed E-state index contributed by atoms with van der Waals surface area (Å²) in [5.74, 6) is -1.29. The first-order valence-corrected chi connectivity index (χ1v) is 4.08. The molecule has 0 unspecified atom stereocenters. The van der Waals surface area contributed by atoms with Gasteiger partial charge in [-0.1, -0.05) is 0 Å². The second kappa shape index (κ2) is 4.53. The fourth-order valence-corrected chi connectivity index (χ4v) is 1.15. The molecule has 0 spiro atoms. The molecule has 0 aliphatic heterocycles. The molecular weight excluding hydrogens is 220 g/mol. The average Bonchev–Trinajstić information content (AvgIpc) is 2.26. The van der Waals surface area contributed by atoms with Gasteiger partial charge in [0, 0.05) is 0 Å². The lowest BCUT2D eigenvalue weighted by Crippen LogP contribution is -2.12. The number of nitrogens with two attached hydrogens (primary N) is 1. The van der Waals surface area contributed by atoms with E-state index in [0.717, 1.165) is 13.2 Å². The lowest BCUT2D eigenvalue weighted by atomic mass is 10.1. The Hall–Kier alpha value is -2.23. The van der Waals surface area contributed by atoms with Gasteiger partial charge in [0.1, 0.15) is 23.1 Å². The Labute approximate surface area is 89.4 Å². The summed E-state index contributed by atoms with van der Waals surface area (Å²) in [6.45, 7) is 0. The number of carbonyl (C=O) groups excluding carboxylic acids is 1. The topological polar surface area (TPSA) is 89.0 Å². The Morgan fingerprint density at radius 3 is 2.75 bits per heavy atom. The molecule has 1 aromatic rings. The predicted molar refractivity (Wildman–Crippen MR) is 49.7 cm³/mol. The molecular formula is C9H7F2N3O2.